The third-order valence-electron chi connectivity index (χ3n) is 6.72. The van der Waals surface area contributed by atoms with Crippen LogP contribution in [0.2, 0.25) is 0 Å². The highest BCUT2D eigenvalue weighted by Crippen LogP contribution is 2.43. The number of rotatable bonds is 4. The summed E-state index contributed by atoms with van der Waals surface area (Å²) in [6.07, 6.45) is 3.03. The number of hydrogen-bond acceptors (Lipinski definition) is 9. The number of morpholine rings is 1. The molecule has 1 aromatic carbocycles. The fourth-order valence-electron chi connectivity index (χ4n) is 4.98. The largest absolute Gasteiger partial charge is 0.485 e. The minimum atomic E-state index is -3.86. The second-order valence-electron chi connectivity index (χ2n) is 9.89. The predicted molar refractivity (Wildman–Crippen MR) is 137 cm³/mol. The zero-order chi connectivity index (χ0) is 25.9. The molecule has 0 spiro atoms. The lowest BCUT2D eigenvalue weighted by molar-refractivity contribution is 0.0425. The van der Waals surface area contributed by atoms with Crippen LogP contribution in [0.1, 0.15) is 26.5 Å². The summed E-state index contributed by atoms with van der Waals surface area (Å²) in [5.74, 6) is 1.40. The fraction of sp³-hybridized carbons (Fsp3) is 0.346. The molecule has 0 saturated carbocycles. The lowest BCUT2D eigenvalue weighted by Crippen LogP contribution is -2.56. The van der Waals surface area contributed by atoms with Crippen LogP contribution in [0.3, 0.4) is 0 Å². The number of ether oxygens (including phenoxy) is 2. The quantitative estimate of drug-likeness (QED) is 0.432. The normalized spacial score (nSPS) is 19.8. The molecule has 4 aromatic rings. The maximum atomic E-state index is 13.4. The molecular formula is C26H27N5O5S. The van der Waals surface area contributed by atoms with Gasteiger partial charge in [0.1, 0.15) is 17.9 Å². The number of fused-ring (bicyclic) bond motifs is 4. The highest BCUT2D eigenvalue weighted by atomic mass is 32.2. The summed E-state index contributed by atoms with van der Waals surface area (Å²) < 4.78 is 39.7. The van der Waals surface area contributed by atoms with Crippen molar-refractivity contribution in [3.05, 3.63) is 60.6 Å². The number of anilines is 1. The Kier molecular flexibility index (Phi) is 5.48. The minimum absolute atomic E-state index is 0.0109. The number of pyridine rings is 1. The van der Waals surface area contributed by atoms with Gasteiger partial charge in [-0.1, -0.05) is 18.2 Å². The van der Waals surface area contributed by atoms with Gasteiger partial charge in [0.25, 0.3) is 10.0 Å². The first-order chi connectivity index (χ1) is 17.7. The molecule has 0 bridgehead atoms. The van der Waals surface area contributed by atoms with Gasteiger partial charge in [0.05, 0.1) is 30.2 Å². The molecule has 6 rings (SSSR count). The van der Waals surface area contributed by atoms with Crippen molar-refractivity contribution in [2.75, 3.05) is 24.7 Å². The highest BCUT2D eigenvalue weighted by Gasteiger charge is 2.40. The van der Waals surface area contributed by atoms with Crippen LogP contribution in [0.4, 0.5) is 5.82 Å². The van der Waals surface area contributed by atoms with Gasteiger partial charge in [0, 0.05) is 23.3 Å². The third kappa shape index (κ3) is 3.85. The third-order valence-corrected chi connectivity index (χ3v) is 8.41. The fourth-order valence-corrected chi connectivity index (χ4v) is 6.30. The summed E-state index contributed by atoms with van der Waals surface area (Å²) in [6, 6.07) is 11.7. The first kappa shape index (κ1) is 23.8. The van der Waals surface area contributed by atoms with Crippen molar-refractivity contribution in [2.45, 2.75) is 43.4 Å². The lowest BCUT2D eigenvalue weighted by Gasteiger charge is -2.45. The molecule has 0 amide bonds. The van der Waals surface area contributed by atoms with Gasteiger partial charge < -0.3 is 19.5 Å². The summed E-state index contributed by atoms with van der Waals surface area (Å²) in [4.78, 5) is 16.4. The second kappa shape index (κ2) is 8.51. The van der Waals surface area contributed by atoms with Crippen LogP contribution in [-0.2, 0) is 20.4 Å². The molecule has 37 heavy (non-hydrogen) atoms. The standard InChI is InChI=1S/C26H27N5O5S/c1-16-13-35-14-17-15-36-21-22(26(2,3)32)28-23(29-25(21)31(16)17)19-9-11-27-24-20(19)10-12-30(24)37(33,34)18-7-5-4-6-8-18/h4-12,16-17,32H,13-15H2,1-3H3/t16-,17+/m1/s1. The molecule has 2 aliphatic rings. The van der Waals surface area contributed by atoms with Crippen LogP contribution in [0, 0.1) is 0 Å². The van der Waals surface area contributed by atoms with Crippen molar-refractivity contribution in [3.63, 3.8) is 0 Å². The van der Waals surface area contributed by atoms with Crippen molar-refractivity contribution < 1.29 is 23.0 Å². The number of aromatic nitrogens is 4. The summed E-state index contributed by atoms with van der Waals surface area (Å²) >= 11 is 0. The van der Waals surface area contributed by atoms with E-state index in [1.54, 1.807) is 56.3 Å². The Balaban J connectivity index is 1.55. The van der Waals surface area contributed by atoms with Gasteiger partial charge in [-0.15, -0.1) is 0 Å². The molecule has 5 heterocycles. The summed E-state index contributed by atoms with van der Waals surface area (Å²) in [5, 5.41) is 11.6. The number of aliphatic hydroxyl groups is 1. The Bertz CT molecular complexity index is 1600. The number of nitrogens with zero attached hydrogens (tertiary/aromatic N) is 5. The molecule has 2 atom stereocenters. The maximum absolute atomic E-state index is 13.4. The van der Waals surface area contributed by atoms with Crippen molar-refractivity contribution in [1.82, 2.24) is 18.9 Å². The molecule has 1 N–H and O–H groups in total. The van der Waals surface area contributed by atoms with Crippen LogP contribution < -0.4 is 9.64 Å². The van der Waals surface area contributed by atoms with E-state index in [2.05, 4.69) is 16.8 Å². The van der Waals surface area contributed by atoms with Gasteiger partial charge in [-0.25, -0.2) is 27.3 Å². The highest BCUT2D eigenvalue weighted by molar-refractivity contribution is 7.90. The molecular weight excluding hydrogens is 494 g/mol. The Morgan fingerprint density at radius 2 is 1.84 bits per heavy atom. The Hall–Kier alpha value is -3.54. The van der Waals surface area contributed by atoms with Gasteiger partial charge in [0.2, 0.25) is 0 Å². The Morgan fingerprint density at radius 1 is 1.05 bits per heavy atom. The van der Waals surface area contributed by atoms with Crippen molar-refractivity contribution in [3.8, 4) is 17.1 Å². The van der Waals surface area contributed by atoms with E-state index in [-0.39, 0.29) is 22.6 Å². The van der Waals surface area contributed by atoms with Gasteiger partial charge in [-0.05, 0) is 45.0 Å². The van der Waals surface area contributed by atoms with Crippen LogP contribution in [-0.4, -0.2) is 64.4 Å². The van der Waals surface area contributed by atoms with E-state index in [4.69, 9.17) is 19.4 Å². The topological polar surface area (TPSA) is 120 Å². The predicted octanol–water partition coefficient (Wildman–Crippen LogP) is 2.94. The number of benzene rings is 1. The molecule has 11 heteroatoms. The zero-order valence-electron chi connectivity index (χ0n) is 20.7. The monoisotopic (exact) mass is 521 g/mol. The average molecular weight is 522 g/mol. The van der Waals surface area contributed by atoms with E-state index in [0.29, 0.717) is 53.9 Å². The summed E-state index contributed by atoms with van der Waals surface area (Å²) in [5.41, 5.74) is -0.0746. The SMILES string of the molecule is C[C@@H]1COC[C@H]2COc3c(nc(-c4ccnc5c4ccn5S(=O)(=O)c4ccccc4)nc3C(C)(C)O)N21. The Labute approximate surface area is 214 Å². The lowest BCUT2D eigenvalue weighted by atomic mass is 10.0. The summed E-state index contributed by atoms with van der Waals surface area (Å²) in [6.45, 7) is 6.84. The molecule has 3 aromatic heterocycles. The summed E-state index contributed by atoms with van der Waals surface area (Å²) in [7, 11) is -3.86. The molecule has 192 valence electrons. The average Bonchev–Trinajstić information content (AvgIpc) is 3.33. The van der Waals surface area contributed by atoms with E-state index >= 15 is 0 Å². The molecule has 0 radical (unpaired) electrons. The van der Waals surface area contributed by atoms with Crippen LogP contribution >= 0.6 is 0 Å². The van der Waals surface area contributed by atoms with E-state index in [1.807, 2.05) is 0 Å². The van der Waals surface area contributed by atoms with Crippen molar-refractivity contribution in [2.24, 2.45) is 0 Å². The van der Waals surface area contributed by atoms with Gasteiger partial charge in [-0.2, -0.15) is 0 Å². The van der Waals surface area contributed by atoms with E-state index in [0.717, 1.165) is 0 Å². The first-order valence-corrected chi connectivity index (χ1v) is 13.5. The maximum Gasteiger partial charge on any atom is 0.269 e. The van der Waals surface area contributed by atoms with E-state index in [1.165, 1.54) is 16.4 Å². The van der Waals surface area contributed by atoms with E-state index < -0.39 is 15.6 Å². The van der Waals surface area contributed by atoms with Gasteiger partial charge in [0.15, 0.2) is 23.0 Å². The van der Waals surface area contributed by atoms with Gasteiger partial charge in [-0.3, -0.25) is 0 Å². The molecule has 0 aliphatic carbocycles. The molecule has 2 aliphatic heterocycles. The van der Waals surface area contributed by atoms with E-state index in [9.17, 15) is 13.5 Å². The molecule has 0 unspecified atom stereocenters. The zero-order valence-corrected chi connectivity index (χ0v) is 21.5. The second-order valence-corrected chi connectivity index (χ2v) is 11.7. The molecule has 10 nitrogen and oxygen atoms in total. The van der Waals surface area contributed by atoms with Crippen molar-refractivity contribution in [1.29, 1.82) is 0 Å². The number of hydrogen-bond donors (Lipinski definition) is 1. The smallest absolute Gasteiger partial charge is 0.269 e. The van der Waals surface area contributed by atoms with Gasteiger partial charge >= 0.3 is 0 Å². The van der Waals surface area contributed by atoms with Crippen LogP contribution in [0.15, 0.2) is 59.8 Å². The van der Waals surface area contributed by atoms with Crippen LogP contribution in [0.5, 0.6) is 5.75 Å². The first-order valence-electron chi connectivity index (χ1n) is 12.1. The minimum Gasteiger partial charge on any atom is -0.485 e. The Morgan fingerprint density at radius 3 is 2.59 bits per heavy atom. The molecule has 1 saturated heterocycles. The van der Waals surface area contributed by atoms with Crippen molar-refractivity contribution >= 4 is 26.9 Å². The van der Waals surface area contributed by atoms with Crippen LogP contribution in [0.25, 0.3) is 22.4 Å². The molecule has 1 fully saturated rings.